The predicted molar refractivity (Wildman–Crippen MR) is 132 cm³/mol. The van der Waals surface area contributed by atoms with Gasteiger partial charge in [-0.15, -0.1) is 0 Å². The number of hydrogen-bond acceptors (Lipinski definition) is 6. The third-order valence-corrected chi connectivity index (χ3v) is 6.63. The lowest BCUT2D eigenvalue weighted by molar-refractivity contribution is -0.144. The highest BCUT2D eigenvalue weighted by atomic mass is 35.5. The topological polar surface area (TPSA) is 90.7 Å². The van der Waals surface area contributed by atoms with Crippen LogP contribution >= 0.6 is 11.6 Å². The van der Waals surface area contributed by atoms with E-state index in [1.54, 1.807) is 6.92 Å². The highest BCUT2D eigenvalue weighted by molar-refractivity contribution is 6.43. The quantitative estimate of drug-likeness (QED) is 0.560. The molecule has 2 aliphatic rings. The van der Waals surface area contributed by atoms with Crippen LogP contribution in [0.25, 0.3) is 0 Å². The molecule has 1 atom stereocenters. The van der Waals surface area contributed by atoms with Crippen LogP contribution in [0.5, 0.6) is 0 Å². The van der Waals surface area contributed by atoms with Gasteiger partial charge in [-0.1, -0.05) is 25.4 Å². The van der Waals surface area contributed by atoms with Gasteiger partial charge in [-0.25, -0.2) is 9.97 Å². The van der Waals surface area contributed by atoms with Crippen molar-refractivity contribution in [3.63, 3.8) is 0 Å². The van der Waals surface area contributed by atoms with Crippen molar-refractivity contribution in [3.8, 4) is 0 Å². The van der Waals surface area contributed by atoms with E-state index in [9.17, 15) is 23.1 Å². The van der Waals surface area contributed by atoms with Gasteiger partial charge in [0.15, 0.2) is 0 Å². The molecule has 0 saturated heterocycles. The van der Waals surface area contributed by atoms with Gasteiger partial charge in [-0.3, -0.25) is 9.79 Å². The molecule has 0 spiro atoms. The first-order valence-electron chi connectivity index (χ1n) is 11.6. The lowest BCUT2D eigenvalue weighted by Gasteiger charge is -2.30. The number of dihydropyridines is 1. The molecule has 0 fully saturated rings. The van der Waals surface area contributed by atoms with Crippen molar-refractivity contribution in [1.29, 1.82) is 0 Å². The molecule has 0 amide bonds. The van der Waals surface area contributed by atoms with Crippen molar-refractivity contribution in [2.45, 2.75) is 45.7 Å². The van der Waals surface area contributed by atoms with E-state index in [-0.39, 0.29) is 12.5 Å². The Balaban J connectivity index is 1.60. The fourth-order valence-corrected chi connectivity index (χ4v) is 4.58. The van der Waals surface area contributed by atoms with Crippen LogP contribution in [-0.2, 0) is 23.8 Å². The monoisotopic (exact) mass is 521 g/mol. The number of carboxylic acid groups (broad SMARTS) is 1. The Bertz CT molecular complexity index is 1230. The van der Waals surface area contributed by atoms with Gasteiger partial charge < -0.3 is 15.3 Å². The maximum absolute atomic E-state index is 13.0. The van der Waals surface area contributed by atoms with Crippen LogP contribution < -0.4 is 5.32 Å². The maximum atomic E-state index is 13.0. The number of aromatic nitrogens is 2. The molecule has 0 saturated carbocycles. The van der Waals surface area contributed by atoms with Gasteiger partial charge in [0.25, 0.3) is 0 Å². The highest BCUT2D eigenvalue weighted by Gasteiger charge is 2.36. The van der Waals surface area contributed by atoms with Gasteiger partial charge in [-0.2, -0.15) is 13.2 Å². The molecule has 7 nitrogen and oxygen atoms in total. The summed E-state index contributed by atoms with van der Waals surface area (Å²) in [5.74, 6) is 0.828. The Morgan fingerprint density at radius 1 is 1.17 bits per heavy atom. The normalized spacial score (nSPS) is 20.4. The average molecular weight is 522 g/mol. The predicted octanol–water partition coefficient (Wildman–Crippen LogP) is 5.39. The van der Waals surface area contributed by atoms with E-state index < -0.39 is 23.1 Å². The standard InChI is InChI=1S/C25H27ClF3N5O2/c1-14(2)20-32-19-9-11-34(22-18(26)12-24(3,13-30-22)23(35)36)10-8-17(19)21(33-20)31-16-6-4-15(5-7-16)25(27,28)29/h4-7,12,14H,8-11,13H2,1-3H3,(H,35,36)(H,31,32,33). The van der Waals surface area contributed by atoms with Crippen LogP contribution in [0.3, 0.4) is 0 Å². The fraction of sp³-hybridized carbons (Fsp3) is 0.440. The second-order valence-electron chi connectivity index (χ2n) is 9.55. The Hall–Kier alpha value is -3.14. The van der Waals surface area contributed by atoms with E-state index in [1.807, 2.05) is 18.7 Å². The number of alkyl halides is 3. The summed E-state index contributed by atoms with van der Waals surface area (Å²) in [5, 5.41) is 13.0. The molecule has 11 heteroatoms. The van der Waals surface area contributed by atoms with Gasteiger partial charge in [0.2, 0.25) is 0 Å². The summed E-state index contributed by atoms with van der Waals surface area (Å²) in [4.78, 5) is 27.6. The molecule has 3 heterocycles. The number of nitrogens with one attached hydrogen (secondary N) is 1. The van der Waals surface area contributed by atoms with Crippen molar-refractivity contribution in [2.24, 2.45) is 10.4 Å². The molecular formula is C25H27ClF3N5O2. The number of rotatable bonds is 4. The summed E-state index contributed by atoms with van der Waals surface area (Å²) >= 11 is 6.46. The van der Waals surface area contributed by atoms with Crippen LogP contribution in [0.15, 0.2) is 40.4 Å². The van der Waals surface area contributed by atoms with Gasteiger partial charge in [0, 0.05) is 36.7 Å². The molecule has 0 radical (unpaired) electrons. The molecule has 1 unspecified atom stereocenters. The third kappa shape index (κ3) is 5.33. The summed E-state index contributed by atoms with van der Waals surface area (Å²) < 4.78 is 38.9. The van der Waals surface area contributed by atoms with E-state index in [1.165, 1.54) is 18.2 Å². The first kappa shape index (κ1) is 25.9. The molecule has 1 aromatic carbocycles. The molecule has 1 aromatic heterocycles. The number of nitrogens with zero attached hydrogens (tertiary/aromatic N) is 4. The first-order valence-corrected chi connectivity index (χ1v) is 12.0. The van der Waals surface area contributed by atoms with Gasteiger partial charge in [0.05, 0.1) is 22.8 Å². The SMILES string of the molecule is CC(C)c1nc2c(c(Nc3ccc(C(F)(F)F)cc3)n1)CCN(C1=NCC(C)(C(=O)O)C=C1Cl)CC2. The molecule has 4 rings (SSSR count). The minimum Gasteiger partial charge on any atom is -0.481 e. The number of benzene rings is 1. The van der Waals surface area contributed by atoms with E-state index in [2.05, 4.69) is 15.3 Å². The Labute approximate surface area is 212 Å². The van der Waals surface area contributed by atoms with Crippen molar-refractivity contribution >= 4 is 34.9 Å². The average Bonchev–Trinajstić information content (AvgIpc) is 3.01. The Morgan fingerprint density at radius 3 is 2.42 bits per heavy atom. The zero-order valence-electron chi connectivity index (χ0n) is 20.2. The fourth-order valence-electron chi connectivity index (χ4n) is 4.16. The summed E-state index contributed by atoms with van der Waals surface area (Å²) in [5.41, 5.74) is 0.373. The number of carbonyl (C=O) groups is 1. The van der Waals surface area contributed by atoms with Crippen molar-refractivity contribution in [2.75, 3.05) is 25.0 Å². The Morgan fingerprint density at radius 2 is 1.83 bits per heavy atom. The number of fused-ring (bicyclic) bond motifs is 1. The van der Waals surface area contributed by atoms with E-state index in [4.69, 9.17) is 16.6 Å². The van der Waals surface area contributed by atoms with Gasteiger partial charge in [0.1, 0.15) is 22.9 Å². The molecule has 2 N–H and O–H groups in total. The number of anilines is 2. The first-order chi connectivity index (χ1) is 16.9. The molecule has 192 valence electrons. The molecule has 2 aromatic rings. The highest BCUT2D eigenvalue weighted by Crippen LogP contribution is 2.33. The van der Waals surface area contributed by atoms with Gasteiger partial charge in [-0.05, 0) is 43.7 Å². The van der Waals surface area contributed by atoms with E-state index >= 15 is 0 Å². The second-order valence-corrected chi connectivity index (χ2v) is 9.96. The van der Waals surface area contributed by atoms with Crippen LogP contribution in [-0.4, -0.2) is 51.4 Å². The van der Waals surface area contributed by atoms with Crippen molar-refractivity contribution in [3.05, 3.63) is 58.0 Å². The zero-order chi connectivity index (χ0) is 26.3. The number of carboxylic acids is 1. The summed E-state index contributed by atoms with van der Waals surface area (Å²) in [7, 11) is 0. The van der Waals surface area contributed by atoms with Crippen LogP contribution in [0.4, 0.5) is 24.7 Å². The third-order valence-electron chi connectivity index (χ3n) is 6.36. The second kappa shape index (κ2) is 9.72. The molecule has 36 heavy (non-hydrogen) atoms. The zero-order valence-corrected chi connectivity index (χ0v) is 20.9. The largest absolute Gasteiger partial charge is 0.481 e. The van der Waals surface area contributed by atoms with Crippen molar-refractivity contribution < 1.29 is 23.1 Å². The number of hydrogen-bond donors (Lipinski definition) is 2. The molecular weight excluding hydrogens is 495 g/mol. The van der Waals surface area contributed by atoms with Crippen LogP contribution in [0, 0.1) is 5.41 Å². The minimum absolute atomic E-state index is 0.0524. The Kier molecular flexibility index (Phi) is 7.01. The number of halogens is 4. The molecule has 2 aliphatic heterocycles. The van der Waals surface area contributed by atoms with Crippen LogP contribution in [0.1, 0.15) is 49.3 Å². The number of aliphatic carboxylic acids is 1. The summed E-state index contributed by atoms with van der Waals surface area (Å²) in [6.07, 6.45) is -1.74. The van der Waals surface area contributed by atoms with E-state index in [0.717, 1.165) is 23.4 Å². The summed E-state index contributed by atoms with van der Waals surface area (Å²) in [6, 6.07) is 4.84. The molecule has 0 aliphatic carbocycles. The number of amidine groups is 1. The number of aliphatic imine (C=N–C) groups is 1. The summed E-state index contributed by atoms with van der Waals surface area (Å²) in [6.45, 7) is 6.76. The van der Waals surface area contributed by atoms with Crippen molar-refractivity contribution in [1.82, 2.24) is 14.9 Å². The minimum atomic E-state index is -4.40. The lowest BCUT2D eigenvalue weighted by Crippen LogP contribution is -2.39. The van der Waals surface area contributed by atoms with E-state index in [0.29, 0.717) is 54.1 Å². The lowest BCUT2D eigenvalue weighted by atomic mass is 9.88. The van der Waals surface area contributed by atoms with Crippen LogP contribution in [0.2, 0.25) is 0 Å². The van der Waals surface area contributed by atoms with Gasteiger partial charge >= 0.3 is 12.1 Å². The smallest absolute Gasteiger partial charge is 0.416 e. The maximum Gasteiger partial charge on any atom is 0.416 e. The molecule has 0 bridgehead atoms.